The van der Waals surface area contributed by atoms with Crippen LogP contribution in [-0.4, -0.2) is 47.3 Å². The van der Waals surface area contributed by atoms with Gasteiger partial charge >= 0.3 is 0 Å². The number of nitrogens with one attached hydrogen (secondary N) is 1. The Hall–Kier alpha value is -0.970. The average molecular weight is 237 g/mol. The van der Waals surface area contributed by atoms with Crippen LogP contribution in [0.2, 0.25) is 0 Å². The van der Waals surface area contributed by atoms with E-state index in [1.165, 1.54) is 5.56 Å². The molecule has 1 atom stereocenters. The second-order valence-corrected chi connectivity index (χ2v) is 4.77. The molecule has 4 nitrogen and oxygen atoms in total. The van der Waals surface area contributed by atoms with Gasteiger partial charge in [-0.05, 0) is 18.7 Å². The van der Waals surface area contributed by atoms with Crippen molar-refractivity contribution >= 4 is 0 Å². The van der Waals surface area contributed by atoms with Gasteiger partial charge in [0.1, 0.15) is 0 Å². The number of likely N-dealkylation sites (N-methyl/N-ethyl adjacent to an activating group) is 1. The van der Waals surface area contributed by atoms with Crippen molar-refractivity contribution in [1.82, 2.24) is 15.2 Å². The molecule has 1 aromatic heterocycles. The summed E-state index contributed by atoms with van der Waals surface area (Å²) in [4.78, 5) is 6.18. The molecule has 0 saturated carbocycles. The molecule has 0 radical (unpaired) electrons. The Bertz CT molecular complexity index is 303. The van der Waals surface area contributed by atoms with E-state index in [1.807, 2.05) is 25.4 Å². The normalized spacial score (nSPS) is 13.3. The van der Waals surface area contributed by atoms with Gasteiger partial charge in [0.05, 0.1) is 6.10 Å². The number of hydrogen-bond acceptors (Lipinski definition) is 4. The van der Waals surface area contributed by atoms with Crippen LogP contribution >= 0.6 is 0 Å². The Kier molecular flexibility index (Phi) is 6.11. The highest BCUT2D eigenvalue weighted by Gasteiger charge is 2.08. The van der Waals surface area contributed by atoms with Crippen LogP contribution in [0.15, 0.2) is 24.5 Å². The number of hydrogen-bond donors (Lipinski definition) is 2. The van der Waals surface area contributed by atoms with Crippen LogP contribution < -0.4 is 5.32 Å². The Labute approximate surface area is 104 Å². The van der Waals surface area contributed by atoms with E-state index in [-0.39, 0.29) is 6.10 Å². The minimum Gasteiger partial charge on any atom is -0.390 e. The maximum Gasteiger partial charge on any atom is 0.0791 e. The zero-order valence-electron chi connectivity index (χ0n) is 10.9. The predicted octanol–water partition coefficient (Wildman–Crippen LogP) is 0.872. The third kappa shape index (κ3) is 6.36. The van der Waals surface area contributed by atoms with Crippen molar-refractivity contribution in [1.29, 1.82) is 0 Å². The van der Waals surface area contributed by atoms with E-state index in [1.54, 1.807) is 6.20 Å². The molecule has 17 heavy (non-hydrogen) atoms. The molecule has 96 valence electrons. The van der Waals surface area contributed by atoms with Crippen molar-refractivity contribution < 1.29 is 5.11 Å². The Balaban J connectivity index is 2.27. The van der Waals surface area contributed by atoms with Crippen molar-refractivity contribution in [2.45, 2.75) is 32.5 Å². The van der Waals surface area contributed by atoms with Gasteiger partial charge in [-0.3, -0.25) is 9.88 Å². The molecule has 0 fully saturated rings. The molecule has 0 aliphatic heterocycles. The molecular formula is C13H23N3O. The number of aliphatic hydroxyl groups is 1. The first kappa shape index (κ1) is 14.1. The molecule has 1 unspecified atom stereocenters. The van der Waals surface area contributed by atoms with E-state index < -0.39 is 0 Å². The molecule has 0 aliphatic rings. The summed E-state index contributed by atoms with van der Waals surface area (Å²) in [6.07, 6.45) is 3.29. The van der Waals surface area contributed by atoms with Gasteiger partial charge in [-0.1, -0.05) is 19.9 Å². The zero-order valence-corrected chi connectivity index (χ0v) is 10.9. The first-order valence-corrected chi connectivity index (χ1v) is 6.07. The summed E-state index contributed by atoms with van der Waals surface area (Å²) in [5.41, 5.74) is 1.17. The molecule has 0 amide bonds. The third-order valence-corrected chi connectivity index (χ3v) is 2.46. The maximum absolute atomic E-state index is 9.83. The topological polar surface area (TPSA) is 48.4 Å². The van der Waals surface area contributed by atoms with Crippen LogP contribution in [0.5, 0.6) is 0 Å². The molecule has 4 heteroatoms. The van der Waals surface area contributed by atoms with Gasteiger partial charge in [0, 0.05) is 38.1 Å². The zero-order chi connectivity index (χ0) is 12.7. The van der Waals surface area contributed by atoms with Crippen molar-refractivity contribution in [3.05, 3.63) is 30.1 Å². The van der Waals surface area contributed by atoms with E-state index in [4.69, 9.17) is 0 Å². The summed E-state index contributed by atoms with van der Waals surface area (Å²) in [5.74, 6) is 0. The molecule has 0 aliphatic carbocycles. The van der Waals surface area contributed by atoms with Gasteiger partial charge in [-0.25, -0.2) is 0 Å². The second kappa shape index (κ2) is 7.37. The van der Waals surface area contributed by atoms with Crippen molar-refractivity contribution in [3.63, 3.8) is 0 Å². The van der Waals surface area contributed by atoms with Gasteiger partial charge in [0.25, 0.3) is 0 Å². The lowest BCUT2D eigenvalue weighted by Crippen LogP contribution is -2.38. The molecule has 2 N–H and O–H groups in total. The summed E-state index contributed by atoms with van der Waals surface area (Å²) in [5, 5.41) is 13.1. The quantitative estimate of drug-likeness (QED) is 0.739. The van der Waals surface area contributed by atoms with Gasteiger partial charge in [0.15, 0.2) is 0 Å². The van der Waals surface area contributed by atoms with Crippen LogP contribution in [0.25, 0.3) is 0 Å². The minimum absolute atomic E-state index is 0.334. The average Bonchev–Trinajstić information content (AvgIpc) is 2.27. The molecule has 0 saturated heterocycles. The Morgan fingerprint density at radius 1 is 1.47 bits per heavy atom. The lowest BCUT2D eigenvalue weighted by Gasteiger charge is -2.21. The minimum atomic E-state index is -0.334. The fourth-order valence-corrected chi connectivity index (χ4v) is 1.66. The van der Waals surface area contributed by atoms with Gasteiger partial charge in [0.2, 0.25) is 0 Å². The van der Waals surface area contributed by atoms with Crippen molar-refractivity contribution in [2.24, 2.45) is 0 Å². The third-order valence-electron chi connectivity index (χ3n) is 2.46. The highest BCUT2D eigenvalue weighted by Crippen LogP contribution is 2.01. The molecular weight excluding hydrogens is 214 g/mol. The number of rotatable bonds is 7. The van der Waals surface area contributed by atoms with Crippen LogP contribution in [0, 0.1) is 0 Å². The monoisotopic (exact) mass is 237 g/mol. The molecule has 0 spiro atoms. The fraction of sp³-hybridized carbons (Fsp3) is 0.615. The largest absolute Gasteiger partial charge is 0.390 e. The first-order chi connectivity index (χ1) is 8.08. The van der Waals surface area contributed by atoms with Gasteiger partial charge in [-0.2, -0.15) is 0 Å². The van der Waals surface area contributed by atoms with E-state index in [0.29, 0.717) is 19.1 Å². The Morgan fingerprint density at radius 3 is 2.82 bits per heavy atom. The number of aromatic nitrogens is 1. The molecule has 0 bridgehead atoms. The molecule has 1 aromatic rings. The molecule has 1 heterocycles. The summed E-state index contributed by atoms with van der Waals surface area (Å²) in [7, 11) is 2.01. The van der Waals surface area contributed by atoms with Crippen LogP contribution in [0.3, 0.4) is 0 Å². The number of nitrogens with zero attached hydrogens (tertiary/aromatic N) is 2. The van der Waals surface area contributed by atoms with E-state index in [0.717, 1.165) is 6.54 Å². The van der Waals surface area contributed by atoms with E-state index in [2.05, 4.69) is 29.0 Å². The van der Waals surface area contributed by atoms with Gasteiger partial charge < -0.3 is 10.4 Å². The lowest BCUT2D eigenvalue weighted by atomic mass is 10.2. The Morgan fingerprint density at radius 2 is 2.24 bits per heavy atom. The van der Waals surface area contributed by atoms with Crippen molar-refractivity contribution in [3.8, 4) is 0 Å². The second-order valence-electron chi connectivity index (χ2n) is 4.77. The lowest BCUT2D eigenvalue weighted by molar-refractivity contribution is 0.119. The number of aliphatic hydroxyl groups excluding tert-OH is 1. The maximum atomic E-state index is 9.83. The van der Waals surface area contributed by atoms with Crippen LogP contribution in [0.1, 0.15) is 19.4 Å². The predicted molar refractivity (Wildman–Crippen MR) is 69.7 cm³/mol. The standard InChI is InChI=1S/C13H23N3O/c1-11(2)15-8-13(17)10-16(3)9-12-5-4-6-14-7-12/h4-7,11,13,15,17H,8-10H2,1-3H3. The highest BCUT2D eigenvalue weighted by molar-refractivity contribution is 5.07. The summed E-state index contributed by atoms with van der Waals surface area (Å²) >= 11 is 0. The van der Waals surface area contributed by atoms with Crippen LogP contribution in [0.4, 0.5) is 0 Å². The summed E-state index contributed by atoms with van der Waals surface area (Å²) < 4.78 is 0. The van der Waals surface area contributed by atoms with Crippen LogP contribution in [-0.2, 0) is 6.54 Å². The molecule has 1 rings (SSSR count). The van der Waals surface area contributed by atoms with Crippen molar-refractivity contribution in [2.75, 3.05) is 20.1 Å². The SMILES string of the molecule is CC(C)NCC(O)CN(C)Cc1cccnc1. The summed E-state index contributed by atoms with van der Waals surface area (Å²) in [6, 6.07) is 4.38. The van der Waals surface area contributed by atoms with E-state index in [9.17, 15) is 5.11 Å². The fourth-order valence-electron chi connectivity index (χ4n) is 1.66. The molecule has 0 aromatic carbocycles. The smallest absolute Gasteiger partial charge is 0.0791 e. The van der Waals surface area contributed by atoms with E-state index >= 15 is 0 Å². The van der Waals surface area contributed by atoms with Gasteiger partial charge in [-0.15, -0.1) is 0 Å². The summed E-state index contributed by atoms with van der Waals surface area (Å²) in [6.45, 7) is 6.26. The number of pyridine rings is 1. The highest BCUT2D eigenvalue weighted by atomic mass is 16.3. The first-order valence-electron chi connectivity index (χ1n) is 6.07.